The summed E-state index contributed by atoms with van der Waals surface area (Å²) in [6.45, 7) is 7.97. The molecule has 0 aliphatic carbocycles. The summed E-state index contributed by atoms with van der Waals surface area (Å²) in [5, 5.41) is 12.1. The Hall–Kier alpha value is -2.55. The summed E-state index contributed by atoms with van der Waals surface area (Å²) in [6, 6.07) is 16.7. The zero-order valence-electron chi connectivity index (χ0n) is 18.3. The van der Waals surface area contributed by atoms with Crippen molar-refractivity contribution in [1.29, 1.82) is 0 Å². The van der Waals surface area contributed by atoms with Crippen molar-refractivity contribution in [3.8, 4) is 0 Å². The third-order valence-electron chi connectivity index (χ3n) is 4.95. The normalized spacial score (nSPS) is 12.2. The van der Waals surface area contributed by atoms with Gasteiger partial charge >= 0.3 is 0 Å². The number of guanidine groups is 1. The minimum atomic E-state index is -0.184. The number of nitrogens with one attached hydrogen (secondary N) is 3. The molecule has 0 aliphatic heterocycles. The second-order valence-corrected chi connectivity index (χ2v) is 7.24. The third-order valence-corrected chi connectivity index (χ3v) is 4.95. The van der Waals surface area contributed by atoms with Crippen molar-refractivity contribution in [2.24, 2.45) is 4.99 Å². The molecule has 0 aliphatic rings. The van der Waals surface area contributed by atoms with Crippen molar-refractivity contribution < 1.29 is 9.21 Å². The van der Waals surface area contributed by atoms with E-state index in [2.05, 4.69) is 70.3 Å². The lowest BCUT2D eigenvalue weighted by molar-refractivity contribution is 0.0925. The van der Waals surface area contributed by atoms with E-state index < -0.39 is 0 Å². The van der Waals surface area contributed by atoms with E-state index in [1.165, 1.54) is 22.6 Å². The molecular weight excluding hydrogens is 503 g/mol. The summed E-state index contributed by atoms with van der Waals surface area (Å²) in [5.41, 5.74) is 2.08. The molecule has 0 fully saturated rings. The topological polar surface area (TPSA) is 78.7 Å². The summed E-state index contributed by atoms with van der Waals surface area (Å²) < 4.78 is 5.21. The number of rotatable bonds is 8. The van der Waals surface area contributed by atoms with Gasteiger partial charge in [0.15, 0.2) is 11.7 Å². The van der Waals surface area contributed by atoms with Crippen LogP contribution in [0.4, 0.5) is 0 Å². The van der Waals surface area contributed by atoms with E-state index in [0.29, 0.717) is 18.8 Å². The van der Waals surface area contributed by atoms with Crippen molar-refractivity contribution in [3.63, 3.8) is 0 Å². The molecule has 1 heterocycles. The molecule has 0 bridgehead atoms. The maximum absolute atomic E-state index is 12.1. The SMILES string of the molecule is CCNC(=NCCCNC(=O)c1occc1C)NC(C)c1cccc2ccccc12.I. The number of benzene rings is 2. The molecule has 1 amide bonds. The molecule has 0 saturated carbocycles. The van der Waals surface area contributed by atoms with Crippen LogP contribution in [0.15, 0.2) is 64.2 Å². The molecule has 2 aromatic carbocycles. The first-order valence-electron chi connectivity index (χ1n) is 10.4. The molecule has 3 rings (SSSR count). The summed E-state index contributed by atoms with van der Waals surface area (Å²) >= 11 is 0. The van der Waals surface area contributed by atoms with Gasteiger partial charge in [-0.05, 0) is 49.6 Å². The monoisotopic (exact) mass is 534 g/mol. The lowest BCUT2D eigenvalue weighted by atomic mass is 10.00. The molecule has 1 aromatic heterocycles. The predicted octanol–water partition coefficient (Wildman–Crippen LogP) is 4.80. The highest BCUT2D eigenvalue weighted by Gasteiger charge is 2.12. The van der Waals surface area contributed by atoms with Crippen LogP contribution in [0.25, 0.3) is 10.8 Å². The van der Waals surface area contributed by atoms with Gasteiger partial charge in [-0.25, -0.2) is 0 Å². The van der Waals surface area contributed by atoms with Gasteiger partial charge in [0.05, 0.1) is 12.3 Å². The summed E-state index contributed by atoms with van der Waals surface area (Å²) in [4.78, 5) is 16.7. The van der Waals surface area contributed by atoms with E-state index in [1.807, 2.05) is 13.8 Å². The number of aryl methyl sites for hydroxylation is 1. The van der Waals surface area contributed by atoms with Crippen LogP contribution in [0.5, 0.6) is 0 Å². The van der Waals surface area contributed by atoms with E-state index in [4.69, 9.17) is 4.42 Å². The number of aliphatic imine (C=N–C) groups is 1. The molecule has 1 atom stereocenters. The van der Waals surface area contributed by atoms with Gasteiger partial charge in [-0.15, -0.1) is 24.0 Å². The molecule has 1 unspecified atom stereocenters. The molecule has 31 heavy (non-hydrogen) atoms. The zero-order chi connectivity index (χ0) is 21.3. The van der Waals surface area contributed by atoms with Gasteiger partial charge in [0.1, 0.15) is 0 Å². The lowest BCUT2D eigenvalue weighted by Gasteiger charge is -2.20. The van der Waals surface area contributed by atoms with Crippen LogP contribution < -0.4 is 16.0 Å². The Kier molecular flexibility index (Phi) is 9.84. The molecule has 0 spiro atoms. The van der Waals surface area contributed by atoms with Gasteiger partial charge in [-0.2, -0.15) is 0 Å². The molecule has 3 N–H and O–H groups in total. The van der Waals surface area contributed by atoms with Crippen LogP contribution in [0.3, 0.4) is 0 Å². The highest BCUT2D eigenvalue weighted by atomic mass is 127. The Morgan fingerprint density at radius 2 is 1.87 bits per heavy atom. The van der Waals surface area contributed by atoms with Crippen LogP contribution in [0, 0.1) is 6.92 Å². The van der Waals surface area contributed by atoms with E-state index >= 15 is 0 Å². The third kappa shape index (κ3) is 6.72. The second-order valence-electron chi connectivity index (χ2n) is 7.24. The number of fused-ring (bicyclic) bond motifs is 1. The number of amides is 1. The Morgan fingerprint density at radius 3 is 2.61 bits per heavy atom. The highest BCUT2D eigenvalue weighted by molar-refractivity contribution is 14.0. The minimum Gasteiger partial charge on any atom is -0.459 e. The quantitative estimate of drug-likeness (QED) is 0.168. The fourth-order valence-corrected chi connectivity index (χ4v) is 3.39. The van der Waals surface area contributed by atoms with Crippen LogP contribution in [0.1, 0.15) is 48.0 Å². The maximum atomic E-state index is 12.1. The van der Waals surface area contributed by atoms with E-state index in [9.17, 15) is 4.79 Å². The Morgan fingerprint density at radius 1 is 1.10 bits per heavy atom. The van der Waals surface area contributed by atoms with Crippen molar-refractivity contribution >= 4 is 46.6 Å². The van der Waals surface area contributed by atoms with Gasteiger partial charge in [0, 0.05) is 25.2 Å². The number of furan rings is 1. The van der Waals surface area contributed by atoms with Gasteiger partial charge < -0.3 is 20.4 Å². The van der Waals surface area contributed by atoms with E-state index in [-0.39, 0.29) is 35.9 Å². The van der Waals surface area contributed by atoms with Crippen LogP contribution in [0.2, 0.25) is 0 Å². The summed E-state index contributed by atoms with van der Waals surface area (Å²) in [6.07, 6.45) is 2.27. The maximum Gasteiger partial charge on any atom is 0.287 e. The predicted molar refractivity (Wildman–Crippen MR) is 137 cm³/mol. The average Bonchev–Trinajstić information content (AvgIpc) is 3.19. The van der Waals surface area contributed by atoms with Gasteiger partial charge in [-0.3, -0.25) is 9.79 Å². The lowest BCUT2D eigenvalue weighted by Crippen LogP contribution is -2.39. The Bertz CT molecular complexity index is 1010. The first-order chi connectivity index (χ1) is 14.6. The van der Waals surface area contributed by atoms with Gasteiger partial charge in [0.2, 0.25) is 0 Å². The van der Waals surface area contributed by atoms with Crippen molar-refractivity contribution in [2.75, 3.05) is 19.6 Å². The average molecular weight is 534 g/mol. The Labute approximate surface area is 200 Å². The number of hydrogen-bond donors (Lipinski definition) is 3. The number of hydrogen-bond acceptors (Lipinski definition) is 3. The van der Waals surface area contributed by atoms with Crippen molar-refractivity contribution in [1.82, 2.24) is 16.0 Å². The van der Waals surface area contributed by atoms with Crippen molar-refractivity contribution in [3.05, 3.63) is 71.7 Å². The number of carbonyl (C=O) groups excluding carboxylic acids is 1. The fraction of sp³-hybridized carbons (Fsp3) is 0.333. The van der Waals surface area contributed by atoms with Crippen LogP contribution in [-0.4, -0.2) is 31.5 Å². The van der Waals surface area contributed by atoms with E-state index in [1.54, 1.807) is 6.07 Å². The summed E-state index contributed by atoms with van der Waals surface area (Å²) in [5.74, 6) is 0.958. The zero-order valence-corrected chi connectivity index (χ0v) is 20.6. The largest absolute Gasteiger partial charge is 0.459 e. The molecular formula is C24H31IN4O2. The van der Waals surface area contributed by atoms with Crippen LogP contribution in [-0.2, 0) is 0 Å². The molecule has 3 aromatic rings. The van der Waals surface area contributed by atoms with E-state index in [0.717, 1.165) is 24.5 Å². The number of carbonyl (C=O) groups is 1. The molecule has 166 valence electrons. The number of nitrogens with zero attached hydrogens (tertiary/aromatic N) is 1. The molecule has 0 radical (unpaired) electrons. The van der Waals surface area contributed by atoms with Crippen molar-refractivity contribution in [2.45, 2.75) is 33.2 Å². The summed E-state index contributed by atoms with van der Waals surface area (Å²) in [7, 11) is 0. The van der Waals surface area contributed by atoms with Gasteiger partial charge in [0.25, 0.3) is 5.91 Å². The standard InChI is InChI=1S/C24H30N4O2.HI/c1-4-25-24(27-15-8-14-26-23(29)22-17(2)13-16-30-22)28-18(3)20-12-7-10-19-9-5-6-11-21(19)20;/h5-7,9-13,16,18H,4,8,14-15H2,1-3H3,(H,26,29)(H2,25,27,28);1H. The molecule has 6 nitrogen and oxygen atoms in total. The highest BCUT2D eigenvalue weighted by Crippen LogP contribution is 2.23. The molecule has 7 heteroatoms. The molecule has 0 saturated heterocycles. The van der Waals surface area contributed by atoms with Crippen LogP contribution >= 0.6 is 24.0 Å². The Balaban J connectivity index is 0.00000341. The minimum absolute atomic E-state index is 0. The smallest absolute Gasteiger partial charge is 0.287 e. The van der Waals surface area contributed by atoms with Gasteiger partial charge in [-0.1, -0.05) is 42.5 Å². The number of halogens is 1. The fourth-order valence-electron chi connectivity index (χ4n) is 3.39. The first-order valence-corrected chi connectivity index (χ1v) is 10.4. The second kappa shape index (κ2) is 12.3. The first kappa shape index (κ1) is 24.7.